The summed E-state index contributed by atoms with van der Waals surface area (Å²) in [6.45, 7) is 0.690. The predicted molar refractivity (Wildman–Crippen MR) is 146 cm³/mol. The second-order valence-electron chi connectivity index (χ2n) is 8.89. The van der Waals surface area contributed by atoms with E-state index in [-0.39, 0.29) is 0 Å². The summed E-state index contributed by atoms with van der Waals surface area (Å²) >= 11 is 0. The van der Waals surface area contributed by atoms with Gasteiger partial charge >= 0.3 is 0 Å². The molecule has 10 heteroatoms. The largest absolute Gasteiger partial charge is 0.382 e. The average molecular weight is 510 g/mol. The SMILES string of the molecule is CS(=O)(=O)Nc1ccc(-c2cc(-c3ccc4cn(Cc5ccccc5)nc4c3)c3c(N)ncnn23)cc1. The fourth-order valence-corrected chi connectivity index (χ4v) is 5.07. The standard InChI is InChI=1S/C27H23N7O2S/c1-37(35,36)32-22-11-9-19(10-12-22)25-14-23(26-27(28)29-17-30-34(25)26)20-7-8-21-16-33(31-24(21)13-20)15-18-5-3-2-4-6-18/h2-14,16-17,32H,15H2,1H3,(H2,28,29,30). The normalized spacial score (nSPS) is 11.8. The van der Waals surface area contributed by atoms with Crippen molar-refractivity contribution < 1.29 is 8.42 Å². The van der Waals surface area contributed by atoms with E-state index in [1.165, 1.54) is 11.9 Å². The van der Waals surface area contributed by atoms with E-state index in [0.29, 0.717) is 23.6 Å². The quantitative estimate of drug-likeness (QED) is 0.343. The molecule has 9 nitrogen and oxygen atoms in total. The van der Waals surface area contributed by atoms with Gasteiger partial charge in [0.1, 0.15) is 11.8 Å². The summed E-state index contributed by atoms with van der Waals surface area (Å²) < 4.78 is 29.3. The van der Waals surface area contributed by atoms with Crippen molar-refractivity contribution >= 4 is 37.9 Å². The lowest BCUT2D eigenvalue weighted by molar-refractivity contribution is 0.607. The summed E-state index contributed by atoms with van der Waals surface area (Å²) in [6, 6.07) is 25.5. The third-order valence-corrected chi connectivity index (χ3v) is 6.73. The van der Waals surface area contributed by atoms with Gasteiger partial charge in [-0.15, -0.1) is 0 Å². The van der Waals surface area contributed by atoms with Crippen LogP contribution in [0.1, 0.15) is 5.56 Å². The summed E-state index contributed by atoms with van der Waals surface area (Å²) in [5.74, 6) is 0.362. The number of nitrogen functional groups attached to an aromatic ring is 1. The van der Waals surface area contributed by atoms with Crippen molar-refractivity contribution in [1.82, 2.24) is 24.4 Å². The topological polar surface area (TPSA) is 120 Å². The molecule has 3 aromatic heterocycles. The lowest BCUT2D eigenvalue weighted by Crippen LogP contribution is -2.09. The van der Waals surface area contributed by atoms with E-state index in [0.717, 1.165) is 39.5 Å². The molecule has 3 heterocycles. The van der Waals surface area contributed by atoms with Crippen LogP contribution in [0.25, 0.3) is 38.8 Å². The van der Waals surface area contributed by atoms with Gasteiger partial charge in [-0.3, -0.25) is 9.40 Å². The number of nitrogens with zero attached hydrogens (tertiary/aromatic N) is 5. The van der Waals surface area contributed by atoms with Crippen LogP contribution in [0.2, 0.25) is 0 Å². The maximum absolute atomic E-state index is 11.6. The number of benzene rings is 3. The number of sulfonamides is 1. The van der Waals surface area contributed by atoms with E-state index < -0.39 is 10.0 Å². The molecule has 0 aliphatic heterocycles. The zero-order valence-corrected chi connectivity index (χ0v) is 20.7. The number of hydrogen-bond donors (Lipinski definition) is 2. The van der Waals surface area contributed by atoms with Crippen molar-refractivity contribution in [1.29, 1.82) is 0 Å². The lowest BCUT2D eigenvalue weighted by atomic mass is 10.0. The molecular formula is C27H23N7O2S. The first kappa shape index (κ1) is 22.7. The van der Waals surface area contributed by atoms with E-state index in [9.17, 15) is 8.42 Å². The van der Waals surface area contributed by atoms with Crippen LogP contribution < -0.4 is 10.5 Å². The number of nitrogens with one attached hydrogen (secondary N) is 1. The third kappa shape index (κ3) is 4.50. The highest BCUT2D eigenvalue weighted by Crippen LogP contribution is 2.36. The second-order valence-corrected chi connectivity index (χ2v) is 10.6. The number of rotatable bonds is 6. The molecule has 3 N–H and O–H groups in total. The summed E-state index contributed by atoms with van der Waals surface area (Å²) in [6.07, 6.45) is 4.58. The smallest absolute Gasteiger partial charge is 0.229 e. The van der Waals surface area contributed by atoms with Gasteiger partial charge < -0.3 is 5.73 Å². The number of nitrogens with two attached hydrogens (primary N) is 1. The summed E-state index contributed by atoms with van der Waals surface area (Å²) in [4.78, 5) is 4.22. The van der Waals surface area contributed by atoms with Gasteiger partial charge in [0.05, 0.1) is 24.0 Å². The molecule has 184 valence electrons. The van der Waals surface area contributed by atoms with Gasteiger partial charge in [0.15, 0.2) is 5.82 Å². The first-order chi connectivity index (χ1) is 17.8. The van der Waals surface area contributed by atoms with Crippen LogP contribution in [0.3, 0.4) is 0 Å². The van der Waals surface area contributed by atoms with Crippen molar-refractivity contribution in [2.75, 3.05) is 16.7 Å². The Balaban J connectivity index is 1.42. The third-order valence-electron chi connectivity index (χ3n) is 6.12. The van der Waals surface area contributed by atoms with E-state index in [1.54, 1.807) is 16.6 Å². The summed E-state index contributed by atoms with van der Waals surface area (Å²) in [7, 11) is -3.36. The van der Waals surface area contributed by atoms with E-state index in [2.05, 4.69) is 26.9 Å². The van der Waals surface area contributed by atoms with Gasteiger partial charge in [-0.05, 0) is 35.4 Å². The fraction of sp³-hybridized carbons (Fsp3) is 0.0741. The van der Waals surface area contributed by atoms with Crippen molar-refractivity contribution in [2.45, 2.75) is 6.54 Å². The van der Waals surface area contributed by atoms with Crippen LogP contribution in [0, 0.1) is 0 Å². The maximum atomic E-state index is 11.6. The van der Waals surface area contributed by atoms with Crippen molar-refractivity contribution in [2.24, 2.45) is 0 Å². The van der Waals surface area contributed by atoms with Crippen LogP contribution in [0.5, 0.6) is 0 Å². The van der Waals surface area contributed by atoms with Gasteiger partial charge in [-0.25, -0.2) is 17.9 Å². The highest BCUT2D eigenvalue weighted by atomic mass is 32.2. The molecule has 0 saturated heterocycles. The number of anilines is 2. The Kier molecular flexibility index (Phi) is 5.38. The molecule has 0 amide bonds. The van der Waals surface area contributed by atoms with Gasteiger partial charge in [-0.2, -0.15) is 10.2 Å². The van der Waals surface area contributed by atoms with Crippen LogP contribution in [0.4, 0.5) is 11.5 Å². The Hall–Kier alpha value is -4.70. The molecule has 0 radical (unpaired) electrons. The van der Waals surface area contributed by atoms with E-state index in [4.69, 9.17) is 10.8 Å². The number of hydrogen-bond acceptors (Lipinski definition) is 6. The molecule has 3 aromatic carbocycles. The van der Waals surface area contributed by atoms with Gasteiger partial charge in [0.25, 0.3) is 0 Å². The first-order valence-corrected chi connectivity index (χ1v) is 13.5. The van der Waals surface area contributed by atoms with Crippen LogP contribution in [0.15, 0.2) is 91.4 Å². The van der Waals surface area contributed by atoms with Crippen molar-refractivity contribution in [3.05, 3.63) is 97.0 Å². The minimum absolute atomic E-state index is 0.362. The monoisotopic (exact) mass is 509 g/mol. The molecule has 6 rings (SSSR count). The molecule has 0 spiro atoms. The van der Waals surface area contributed by atoms with E-state index >= 15 is 0 Å². The Labute approximate surface area is 213 Å². The minimum Gasteiger partial charge on any atom is -0.382 e. The van der Waals surface area contributed by atoms with Crippen LogP contribution in [-0.2, 0) is 16.6 Å². The molecule has 0 aliphatic carbocycles. The highest BCUT2D eigenvalue weighted by molar-refractivity contribution is 7.92. The molecule has 0 unspecified atom stereocenters. The molecule has 0 fully saturated rings. The second kappa shape index (κ2) is 8.75. The lowest BCUT2D eigenvalue weighted by Gasteiger charge is -2.06. The van der Waals surface area contributed by atoms with Crippen molar-refractivity contribution in [3.8, 4) is 22.4 Å². The molecule has 0 aliphatic rings. The number of aromatic nitrogens is 5. The van der Waals surface area contributed by atoms with Crippen LogP contribution >= 0.6 is 0 Å². The summed E-state index contributed by atoms with van der Waals surface area (Å²) in [5.41, 5.74) is 13.0. The summed E-state index contributed by atoms with van der Waals surface area (Å²) in [5, 5.41) is 10.3. The fourth-order valence-electron chi connectivity index (χ4n) is 4.50. The molecule has 6 aromatic rings. The predicted octanol–water partition coefficient (Wildman–Crippen LogP) is 4.42. The molecule has 0 saturated carbocycles. The van der Waals surface area contributed by atoms with Gasteiger partial charge in [-0.1, -0.05) is 54.6 Å². The Morgan fingerprint density at radius 2 is 1.70 bits per heavy atom. The molecule has 0 atom stereocenters. The Morgan fingerprint density at radius 3 is 2.46 bits per heavy atom. The average Bonchev–Trinajstić information content (AvgIpc) is 3.45. The van der Waals surface area contributed by atoms with Gasteiger partial charge in [0.2, 0.25) is 10.0 Å². The van der Waals surface area contributed by atoms with Crippen LogP contribution in [-0.4, -0.2) is 39.1 Å². The van der Waals surface area contributed by atoms with Crippen molar-refractivity contribution in [3.63, 3.8) is 0 Å². The number of fused-ring (bicyclic) bond motifs is 2. The van der Waals surface area contributed by atoms with E-state index in [1.807, 2.05) is 65.5 Å². The molecule has 0 bridgehead atoms. The zero-order valence-electron chi connectivity index (χ0n) is 19.9. The van der Waals surface area contributed by atoms with Gasteiger partial charge in [0, 0.05) is 28.4 Å². The maximum Gasteiger partial charge on any atom is 0.229 e. The highest BCUT2D eigenvalue weighted by Gasteiger charge is 2.17. The molecule has 37 heavy (non-hydrogen) atoms. The Morgan fingerprint density at radius 1 is 0.946 bits per heavy atom. The zero-order chi connectivity index (χ0) is 25.6. The first-order valence-electron chi connectivity index (χ1n) is 11.6. The Bertz CT molecular complexity index is 1860. The minimum atomic E-state index is -3.36. The molecular weight excluding hydrogens is 486 g/mol.